The summed E-state index contributed by atoms with van der Waals surface area (Å²) in [6.45, 7) is 7.28. The number of carboxylic acid groups (broad SMARTS) is 1. The molecule has 3 aliphatic rings. The molecule has 0 aromatic rings. The molecule has 3 fully saturated rings. The van der Waals surface area contributed by atoms with Crippen LogP contribution >= 0.6 is 0 Å². The summed E-state index contributed by atoms with van der Waals surface area (Å²) in [5.41, 5.74) is -0.581. The number of carbonyl (C=O) groups is 4. The average molecular weight is 452 g/mol. The molecule has 3 heterocycles. The summed E-state index contributed by atoms with van der Waals surface area (Å²) < 4.78 is 5.50. The van der Waals surface area contributed by atoms with E-state index < -0.39 is 11.6 Å². The second-order valence-electron chi connectivity index (χ2n) is 10.2. The number of amides is 3. The lowest BCUT2D eigenvalue weighted by atomic mass is 10.1. The molecular weight excluding hydrogens is 414 g/mol. The van der Waals surface area contributed by atoms with E-state index in [1.165, 1.54) is 0 Å². The van der Waals surface area contributed by atoms with Gasteiger partial charge in [-0.25, -0.2) is 4.79 Å². The number of carbonyl (C=O) groups excluding carboxylic acids is 3. The molecule has 0 unspecified atom stereocenters. The van der Waals surface area contributed by atoms with E-state index >= 15 is 0 Å². The van der Waals surface area contributed by atoms with Crippen LogP contribution in [0.15, 0.2) is 0 Å². The van der Waals surface area contributed by atoms with Crippen LogP contribution in [0.1, 0.15) is 78.6 Å². The summed E-state index contributed by atoms with van der Waals surface area (Å²) in [4.78, 5) is 54.8. The normalized spacial score (nSPS) is 26.0. The molecule has 3 aliphatic heterocycles. The van der Waals surface area contributed by atoms with Gasteiger partial charge >= 0.3 is 12.1 Å². The van der Waals surface area contributed by atoms with E-state index in [4.69, 9.17) is 9.84 Å². The van der Waals surface area contributed by atoms with Gasteiger partial charge in [0.05, 0.1) is 6.42 Å². The summed E-state index contributed by atoms with van der Waals surface area (Å²) in [5, 5.41) is 9.10. The van der Waals surface area contributed by atoms with Gasteiger partial charge < -0.3 is 24.5 Å². The fraction of sp³-hybridized carbons (Fsp3) is 0.826. The Morgan fingerprint density at radius 3 is 1.59 bits per heavy atom. The predicted octanol–water partition coefficient (Wildman–Crippen LogP) is 2.62. The minimum absolute atomic E-state index is 0.0238. The molecule has 3 atom stereocenters. The van der Waals surface area contributed by atoms with Crippen LogP contribution < -0.4 is 0 Å². The Labute approximate surface area is 190 Å². The van der Waals surface area contributed by atoms with Gasteiger partial charge in [-0.3, -0.25) is 14.4 Å². The van der Waals surface area contributed by atoms with E-state index in [0.29, 0.717) is 26.1 Å². The van der Waals surface area contributed by atoms with Crippen molar-refractivity contribution >= 4 is 23.9 Å². The van der Waals surface area contributed by atoms with Gasteiger partial charge in [0.1, 0.15) is 5.60 Å². The lowest BCUT2D eigenvalue weighted by molar-refractivity contribution is -0.140. The maximum atomic E-state index is 13.1. The van der Waals surface area contributed by atoms with Crippen molar-refractivity contribution in [1.29, 1.82) is 0 Å². The van der Waals surface area contributed by atoms with E-state index in [2.05, 4.69) is 0 Å². The van der Waals surface area contributed by atoms with Crippen molar-refractivity contribution in [2.75, 3.05) is 19.6 Å². The summed E-state index contributed by atoms with van der Waals surface area (Å²) in [6, 6.07) is -0.572. The van der Waals surface area contributed by atoms with Crippen molar-refractivity contribution in [3.8, 4) is 0 Å². The van der Waals surface area contributed by atoms with E-state index in [0.717, 1.165) is 32.1 Å². The maximum absolute atomic E-state index is 13.1. The number of likely N-dealkylation sites (tertiary alicyclic amines) is 3. The van der Waals surface area contributed by atoms with Crippen LogP contribution in [0, 0.1) is 0 Å². The predicted molar refractivity (Wildman–Crippen MR) is 117 cm³/mol. The molecule has 3 rings (SSSR count). The number of nitrogens with zero attached hydrogens (tertiary/aromatic N) is 3. The second kappa shape index (κ2) is 10.1. The molecule has 0 aromatic carbocycles. The molecule has 0 radical (unpaired) electrons. The first-order valence-corrected chi connectivity index (χ1v) is 11.9. The second-order valence-corrected chi connectivity index (χ2v) is 10.2. The molecule has 3 saturated heterocycles. The highest BCUT2D eigenvalue weighted by molar-refractivity contribution is 5.82. The summed E-state index contributed by atoms with van der Waals surface area (Å²) in [6.07, 6.45) is 4.86. The monoisotopic (exact) mass is 451 g/mol. The van der Waals surface area contributed by atoms with Gasteiger partial charge in [-0.1, -0.05) is 0 Å². The number of ether oxygens (including phenoxy) is 1. The van der Waals surface area contributed by atoms with E-state index in [1.54, 1.807) is 14.7 Å². The van der Waals surface area contributed by atoms with Crippen molar-refractivity contribution in [3.63, 3.8) is 0 Å². The Kier molecular flexibility index (Phi) is 7.67. The Bertz CT molecular complexity index is 734. The van der Waals surface area contributed by atoms with Gasteiger partial charge in [0.2, 0.25) is 11.8 Å². The molecule has 0 aliphatic carbocycles. The number of hydrogen-bond acceptors (Lipinski definition) is 5. The molecule has 9 nitrogen and oxygen atoms in total. The van der Waals surface area contributed by atoms with Gasteiger partial charge in [-0.15, -0.1) is 0 Å². The molecule has 0 saturated carbocycles. The Morgan fingerprint density at radius 2 is 1.16 bits per heavy atom. The molecular formula is C23H37N3O6. The molecule has 0 bridgehead atoms. The molecule has 0 aromatic heterocycles. The zero-order valence-electron chi connectivity index (χ0n) is 19.5. The van der Waals surface area contributed by atoms with E-state index in [9.17, 15) is 19.2 Å². The summed E-state index contributed by atoms with van der Waals surface area (Å²) in [7, 11) is 0. The fourth-order valence-electron chi connectivity index (χ4n) is 5.20. The first-order chi connectivity index (χ1) is 15.0. The average Bonchev–Trinajstić information content (AvgIpc) is 3.40. The minimum Gasteiger partial charge on any atom is -0.481 e. The molecule has 3 amide bonds. The topological polar surface area (TPSA) is 107 Å². The lowest BCUT2D eigenvalue weighted by Crippen LogP contribution is -2.45. The summed E-state index contributed by atoms with van der Waals surface area (Å²) >= 11 is 0. The third-order valence-electron chi connectivity index (χ3n) is 6.63. The lowest BCUT2D eigenvalue weighted by Gasteiger charge is -2.31. The Balaban J connectivity index is 1.56. The fourth-order valence-corrected chi connectivity index (χ4v) is 5.20. The van der Waals surface area contributed by atoms with Crippen LogP contribution in [0.4, 0.5) is 4.79 Å². The number of hydrogen-bond donors (Lipinski definition) is 1. The standard InChI is InChI=1S/C23H37N3O6/c1-23(2,3)32-22(31)26-12-6-8-17(26)14-20(28)24-10-4-7-16(24)13-19(27)25-11-5-9-18(25)15-21(29)30/h16-18H,4-15H2,1-3H3,(H,29,30)/t16-,17-,18-/m0/s1. The van der Waals surface area contributed by atoms with Crippen LogP contribution in [-0.2, 0) is 19.1 Å². The van der Waals surface area contributed by atoms with Gasteiger partial charge in [0.25, 0.3) is 0 Å². The highest BCUT2D eigenvalue weighted by Gasteiger charge is 2.38. The van der Waals surface area contributed by atoms with Gasteiger partial charge in [0.15, 0.2) is 0 Å². The number of carboxylic acids is 1. The van der Waals surface area contributed by atoms with Crippen molar-refractivity contribution < 1.29 is 29.0 Å². The van der Waals surface area contributed by atoms with Gasteiger partial charge in [-0.2, -0.15) is 0 Å². The first-order valence-electron chi connectivity index (χ1n) is 11.9. The Morgan fingerprint density at radius 1 is 0.750 bits per heavy atom. The molecule has 32 heavy (non-hydrogen) atoms. The van der Waals surface area contributed by atoms with Gasteiger partial charge in [0, 0.05) is 50.6 Å². The van der Waals surface area contributed by atoms with Crippen molar-refractivity contribution in [1.82, 2.24) is 14.7 Å². The van der Waals surface area contributed by atoms with Crippen LogP contribution in [0.3, 0.4) is 0 Å². The quantitative estimate of drug-likeness (QED) is 0.665. The van der Waals surface area contributed by atoms with E-state index in [-0.39, 0.29) is 55.3 Å². The molecule has 180 valence electrons. The SMILES string of the molecule is CC(C)(C)OC(=O)N1CCC[C@H]1CC(=O)N1CCC[C@H]1CC(=O)N1CCC[C@H]1CC(=O)O. The van der Waals surface area contributed by atoms with Crippen LogP contribution in [0.25, 0.3) is 0 Å². The van der Waals surface area contributed by atoms with Crippen LogP contribution in [0.5, 0.6) is 0 Å². The zero-order chi connectivity index (χ0) is 23.5. The molecule has 9 heteroatoms. The molecule has 1 N–H and O–H groups in total. The zero-order valence-corrected chi connectivity index (χ0v) is 19.5. The summed E-state index contributed by atoms with van der Waals surface area (Å²) in [5.74, 6) is -0.975. The third kappa shape index (κ3) is 6.13. The van der Waals surface area contributed by atoms with Crippen molar-refractivity contribution in [3.05, 3.63) is 0 Å². The smallest absolute Gasteiger partial charge is 0.410 e. The number of aliphatic carboxylic acids is 1. The molecule has 0 spiro atoms. The number of rotatable bonds is 6. The largest absolute Gasteiger partial charge is 0.481 e. The minimum atomic E-state index is -0.890. The van der Waals surface area contributed by atoms with Crippen molar-refractivity contribution in [2.24, 2.45) is 0 Å². The first kappa shape index (κ1) is 24.3. The van der Waals surface area contributed by atoms with Crippen molar-refractivity contribution in [2.45, 2.75) is 102 Å². The van der Waals surface area contributed by atoms with Crippen LogP contribution in [-0.4, -0.2) is 87.0 Å². The highest BCUT2D eigenvalue weighted by atomic mass is 16.6. The maximum Gasteiger partial charge on any atom is 0.410 e. The van der Waals surface area contributed by atoms with E-state index in [1.807, 2.05) is 20.8 Å². The van der Waals surface area contributed by atoms with Gasteiger partial charge in [-0.05, 0) is 59.3 Å². The van der Waals surface area contributed by atoms with Crippen LogP contribution in [0.2, 0.25) is 0 Å². The third-order valence-corrected chi connectivity index (χ3v) is 6.63. The highest BCUT2D eigenvalue weighted by Crippen LogP contribution is 2.28. The Hall–Kier alpha value is -2.32.